The number of carboxylic acids is 1. The fraction of sp³-hybridized carbons (Fsp3) is 0.0833. The Hall–Kier alpha value is -2.23. The number of carboxylic acid groups (broad SMARTS) is 1. The Morgan fingerprint density at radius 3 is 2.81 bits per heavy atom. The number of hydrogen-bond donors (Lipinski definition) is 2. The highest BCUT2D eigenvalue weighted by atomic mass is 16.5. The molecule has 82 valence electrons. The number of hydrogen-bond acceptors (Lipinski definition) is 3. The first-order valence-corrected chi connectivity index (χ1v) is 4.73. The van der Waals surface area contributed by atoms with Gasteiger partial charge >= 0.3 is 5.97 Å². The van der Waals surface area contributed by atoms with Gasteiger partial charge in [-0.3, -0.25) is 0 Å². The van der Waals surface area contributed by atoms with Gasteiger partial charge in [-0.1, -0.05) is 12.1 Å². The molecule has 16 heavy (non-hydrogen) atoms. The Balaban J connectivity index is 2.33. The molecule has 2 aromatic rings. The van der Waals surface area contributed by atoms with E-state index in [-0.39, 0.29) is 12.4 Å². The van der Waals surface area contributed by atoms with Crippen molar-refractivity contribution >= 4 is 16.7 Å². The summed E-state index contributed by atoms with van der Waals surface area (Å²) in [5, 5.41) is 19.5. The summed E-state index contributed by atoms with van der Waals surface area (Å²) in [7, 11) is 0. The Morgan fingerprint density at radius 2 is 2.06 bits per heavy atom. The zero-order valence-electron chi connectivity index (χ0n) is 8.38. The number of fused-ring (bicyclic) bond motifs is 1. The number of phenols is 1. The molecule has 2 aromatic carbocycles. The Labute approximate surface area is 91.7 Å². The number of carbonyl (C=O) groups is 1. The van der Waals surface area contributed by atoms with E-state index >= 15 is 0 Å². The van der Waals surface area contributed by atoms with E-state index in [0.717, 1.165) is 5.39 Å². The van der Waals surface area contributed by atoms with Crippen LogP contribution in [-0.2, 0) is 4.79 Å². The molecule has 0 heterocycles. The summed E-state index contributed by atoms with van der Waals surface area (Å²) in [6.45, 7) is -0.371. The van der Waals surface area contributed by atoms with Crippen molar-refractivity contribution in [3.05, 3.63) is 36.4 Å². The normalized spacial score (nSPS) is 10.2. The van der Waals surface area contributed by atoms with Crippen LogP contribution < -0.4 is 4.74 Å². The van der Waals surface area contributed by atoms with Crippen LogP contribution in [0.4, 0.5) is 0 Å². The van der Waals surface area contributed by atoms with Gasteiger partial charge in [-0.25, -0.2) is 4.79 Å². The summed E-state index contributed by atoms with van der Waals surface area (Å²) in [6, 6.07) is 10.2. The number of rotatable bonds is 3. The highest BCUT2D eigenvalue weighted by Gasteiger charge is 2.02. The minimum absolute atomic E-state index is 0.197. The molecule has 2 N–H and O–H groups in total. The van der Waals surface area contributed by atoms with E-state index in [0.29, 0.717) is 11.1 Å². The molecular weight excluding hydrogens is 208 g/mol. The van der Waals surface area contributed by atoms with Gasteiger partial charge in [-0.2, -0.15) is 0 Å². The van der Waals surface area contributed by atoms with Crippen molar-refractivity contribution in [2.75, 3.05) is 6.61 Å². The second-order valence-electron chi connectivity index (χ2n) is 3.34. The van der Waals surface area contributed by atoms with Crippen molar-refractivity contribution in [2.45, 2.75) is 0 Å². The highest BCUT2D eigenvalue weighted by molar-refractivity contribution is 5.89. The first-order chi connectivity index (χ1) is 7.66. The minimum Gasteiger partial charge on any atom is -0.507 e. The van der Waals surface area contributed by atoms with Gasteiger partial charge in [0.2, 0.25) is 0 Å². The van der Waals surface area contributed by atoms with Crippen LogP contribution in [0.5, 0.6) is 11.5 Å². The standard InChI is InChI=1S/C12H10O4/c13-11-3-1-2-8-6-9(4-5-10(8)11)16-7-12(14)15/h1-6,13H,7H2,(H,14,15). The number of phenolic OH excluding ortho intramolecular Hbond substituents is 1. The molecule has 0 aliphatic heterocycles. The predicted molar refractivity (Wildman–Crippen MR) is 58.7 cm³/mol. The average Bonchev–Trinajstić information content (AvgIpc) is 2.26. The maximum atomic E-state index is 10.3. The van der Waals surface area contributed by atoms with Gasteiger partial charge in [-0.05, 0) is 29.7 Å². The van der Waals surface area contributed by atoms with Crippen molar-refractivity contribution in [3.63, 3.8) is 0 Å². The summed E-state index contributed by atoms with van der Waals surface area (Å²) in [5.41, 5.74) is 0. The maximum Gasteiger partial charge on any atom is 0.341 e. The first-order valence-electron chi connectivity index (χ1n) is 4.73. The SMILES string of the molecule is O=C(O)COc1ccc2c(O)cccc2c1. The van der Waals surface area contributed by atoms with E-state index in [2.05, 4.69) is 0 Å². The molecule has 0 saturated heterocycles. The average molecular weight is 218 g/mol. The zero-order chi connectivity index (χ0) is 11.5. The molecule has 0 amide bonds. The maximum absolute atomic E-state index is 10.3. The fourth-order valence-electron chi connectivity index (χ4n) is 1.48. The summed E-state index contributed by atoms with van der Waals surface area (Å²) in [6.07, 6.45) is 0. The molecule has 0 aliphatic rings. The summed E-state index contributed by atoms with van der Waals surface area (Å²) >= 11 is 0. The van der Waals surface area contributed by atoms with Gasteiger partial charge in [0.1, 0.15) is 11.5 Å². The van der Waals surface area contributed by atoms with Gasteiger partial charge in [-0.15, -0.1) is 0 Å². The van der Waals surface area contributed by atoms with Crippen LogP contribution in [0.25, 0.3) is 10.8 Å². The van der Waals surface area contributed by atoms with E-state index < -0.39 is 5.97 Å². The van der Waals surface area contributed by atoms with Crippen molar-refractivity contribution in [1.29, 1.82) is 0 Å². The van der Waals surface area contributed by atoms with Gasteiger partial charge in [0.15, 0.2) is 6.61 Å². The molecule has 0 aromatic heterocycles. The Bertz CT molecular complexity index is 534. The topological polar surface area (TPSA) is 66.8 Å². The third-order valence-corrected chi connectivity index (χ3v) is 2.19. The van der Waals surface area contributed by atoms with Crippen LogP contribution in [0.15, 0.2) is 36.4 Å². The number of aromatic hydroxyl groups is 1. The molecule has 0 saturated carbocycles. The third-order valence-electron chi connectivity index (χ3n) is 2.19. The third kappa shape index (κ3) is 2.06. The van der Waals surface area contributed by atoms with Gasteiger partial charge in [0.05, 0.1) is 0 Å². The molecule has 0 unspecified atom stereocenters. The highest BCUT2D eigenvalue weighted by Crippen LogP contribution is 2.27. The van der Waals surface area contributed by atoms with Crippen molar-refractivity contribution in [1.82, 2.24) is 0 Å². The van der Waals surface area contributed by atoms with Crippen LogP contribution in [0.3, 0.4) is 0 Å². The quantitative estimate of drug-likeness (QED) is 0.826. The van der Waals surface area contributed by atoms with Crippen LogP contribution in [0.1, 0.15) is 0 Å². The van der Waals surface area contributed by atoms with Crippen molar-refractivity contribution < 1.29 is 19.7 Å². The molecule has 4 heteroatoms. The molecule has 0 spiro atoms. The molecular formula is C12H10O4. The van der Waals surface area contributed by atoms with E-state index in [1.54, 1.807) is 30.3 Å². The number of benzene rings is 2. The van der Waals surface area contributed by atoms with Gasteiger partial charge in [0, 0.05) is 5.39 Å². The van der Waals surface area contributed by atoms with E-state index in [4.69, 9.17) is 9.84 Å². The van der Waals surface area contributed by atoms with Crippen LogP contribution >= 0.6 is 0 Å². The lowest BCUT2D eigenvalue weighted by molar-refractivity contribution is -0.139. The van der Waals surface area contributed by atoms with Crippen molar-refractivity contribution in [2.24, 2.45) is 0 Å². The van der Waals surface area contributed by atoms with E-state index in [1.807, 2.05) is 6.07 Å². The minimum atomic E-state index is -1.02. The fourth-order valence-corrected chi connectivity index (χ4v) is 1.48. The molecule has 0 aliphatic carbocycles. The van der Waals surface area contributed by atoms with Gasteiger partial charge < -0.3 is 14.9 Å². The number of ether oxygens (including phenoxy) is 1. The van der Waals surface area contributed by atoms with Gasteiger partial charge in [0.25, 0.3) is 0 Å². The van der Waals surface area contributed by atoms with Crippen LogP contribution in [-0.4, -0.2) is 22.8 Å². The smallest absolute Gasteiger partial charge is 0.341 e. The second-order valence-corrected chi connectivity index (χ2v) is 3.34. The van der Waals surface area contributed by atoms with E-state index in [1.165, 1.54) is 0 Å². The summed E-state index contributed by atoms with van der Waals surface area (Å²) in [4.78, 5) is 10.3. The van der Waals surface area contributed by atoms with Crippen LogP contribution in [0, 0.1) is 0 Å². The summed E-state index contributed by atoms with van der Waals surface area (Å²) in [5.74, 6) is -0.348. The zero-order valence-corrected chi connectivity index (χ0v) is 8.38. The Kier molecular flexibility index (Phi) is 2.64. The molecule has 0 atom stereocenters. The molecule has 0 radical (unpaired) electrons. The predicted octanol–water partition coefficient (Wildman–Crippen LogP) is 2.01. The molecule has 4 nitrogen and oxygen atoms in total. The monoisotopic (exact) mass is 218 g/mol. The Morgan fingerprint density at radius 1 is 1.25 bits per heavy atom. The van der Waals surface area contributed by atoms with Crippen molar-refractivity contribution in [3.8, 4) is 11.5 Å². The van der Waals surface area contributed by atoms with E-state index in [9.17, 15) is 9.90 Å². The molecule has 0 fully saturated rings. The first kappa shape index (κ1) is 10.3. The number of aliphatic carboxylic acids is 1. The molecule has 2 rings (SSSR count). The lowest BCUT2D eigenvalue weighted by Crippen LogP contribution is -2.09. The van der Waals surface area contributed by atoms with Crippen LogP contribution in [0.2, 0.25) is 0 Å². The second kappa shape index (κ2) is 4.10. The largest absolute Gasteiger partial charge is 0.507 e. The summed E-state index contributed by atoms with van der Waals surface area (Å²) < 4.78 is 5.03. The lowest BCUT2D eigenvalue weighted by atomic mass is 10.1. The lowest BCUT2D eigenvalue weighted by Gasteiger charge is -2.05. The molecule has 0 bridgehead atoms.